The maximum absolute atomic E-state index is 12.8. The smallest absolute Gasteiger partial charge is 0.259 e. The average molecular weight is 627 g/mol. The van der Waals surface area contributed by atoms with E-state index in [4.69, 9.17) is 34.2 Å². The van der Waals surface area contributed by atoms with Gasteiger partial charge in [-0.05, 0) is 30.3 Å². The molecule has 0 atom stereocenters. The number of thiazole rings is 1. The third-order valence-electron chi connectivity index (χ3n) is 5.35. The molecule has 5 N–H and O–H groups in total. The third kappa shape index (κ3) is 15.8. The summed E-state index contributed by atoms with van der Waals surface area (Å²) in [6, 6.07) is 4.96. The van der Waals surface area contributed by atoms with Crippen LogP contribution >= 0.6 is 11.3 Å². The Kier molecular flexibility index (Phi) is 18.8. The van der Waals surface area contributed by atoms with Gasteiger partial charge in [0.25, 0.3) is 5.91 Å². The van der Waals surface area contributed by atoms with Gasteiger partial charge in [0, 0.05) is 25.7 Å². The third-order valence-corrected chi connectivity index (χ3v) is 6.30. The van der Waals surface area contributed by atoms with Crippen LogP contribution in [0.2, 0.25) is 0 Å². The first kappa shape index (κ1) is 36.1. The SMILES string of the molecule is CC(=O)Nc1cc(NCCOCCOCCOCCOCCOCCOCCN)ccc1C(=O)Nc1nc(C)c(N=O)s1. The number of aromatic nitrogens is 1. The number of nitrogens with one attached hydrogen (secondary N) is 3. The number of nitroso groups, excluding NO2 is 1. The number of anilines is 3. The van der Waals surface area contributed by atoms with E-state index < -0.39 is 5.91 Å². The van der Waals surface area contributed by atoms with Crippen molar-refractivity contribution in [3.8, 4) is 0 Å². The zero-order valence-electron chi connectivity index (χ0n) is 24.7. The molecule has 0 bridgehead atoms. The van der Waals surface area contributed by atoms with Gasteiger partial charge in [-0.15, -0.1) is 4.91 Å². The zero-order valence-corrected chi connectivity index (χ0v) is 25.5. The molecule has 1 aromatic heterocycles. The summed E-state index contributed by atoms with van der Waals surface area (Å²) in [5.41, 5.74) is 7.02. The Morgan fingerprint density at radius 3 is 1.86 bits per heavy atom. The normalized spacial score (nSPS) is 11.0. The number of nitrogens with zero attached hydrogens (tertiary/aromatic N) is 2. The topological polar surface area (TPSA) is 194 Å². The lowest BCUT2D eigenvalue weighted by atomic mass is 10.1. The molecule has 1 aromatic carbocycles. The van der Waals surface area contributed by atoms with Crippen LogP contribution < -0.4 is 21.7 Å². The van der Waals surface area contributed by atoms with Gasteiger partial charge in [0.2, 0.25) is 5.91 Å². The average Bonchev–Trinajstić information content (AvgIpc) is 3.34. The van der Waals surface area contributed by atoms with Crippen molar-refractivity contribution in [3.05, 3.63) is 34.4 Å². The van der Waals surface area contributed by atoms with Gasteiger partial charge in [0.15, 0.2) is 10.1 Å². The van der Waals surface area contributed by atoms with Crippen molar-refractivity contribution in [2.24, 2.45) is 10.9 Å². The Hall–Kier alpha value is -3.09. The summed E-state index contributed by atoms with van der Waals surface area (Å²) in [5, 5.41) is 11.8. The molecular formula is C27H42N6O9S. The van der Waals surface area contributed by atoms with Crippen molar-refractivity contribution in [2.75, 3.05) is 108 Å². The van der Waals surface area contributed by atoms with E-state index in [1.54, 1.807) is 25.1 Å². The Bertz CT molecular complexity index is 1100. The molecule has 2 amide bonds. The second-order valence-corrected chi connectivity index (χ2v) is 9.76. The monoisotopic (exact) mass is 626 g/mol. The number of ether oxygens (including phenoxy) is 6. The summed E-state index contributed by atoms with van der Waals surface area (Å²) in [4.78, 5) is 39.5. The van der Waals surface area contributed by atoms with Crippen LogP contribution in [0.15, 0.2) is 23.4 Å². The lowest BCUT2D eigenvalue weighted by Crippen LogP contribution is -2.17. The first-order valence-electron chi connectivity index (χ1n) is 13.9. The molecular weight excluding hydrogens is 584 g/mol. The second-order valence-electron chi connectivity index (χ2n) is 8.79. The van der Waals surface area contributed by atoms with E-state index in [2.05, 4.69) is 26.1 Å². The summed E-state index contributed by atoms with van der Waals surface area (Å²) >= 11 is 0.971. The van der Waals surface area contributed by atoms with E-state index in [0.29, 0.717) is 109 Å². The Morgan fingerprint density at radius 2 is 1.37 bits per heavy atom. The van der Waals surface area contributed by atoms with E-state index >= 15 is 0 Å². The van der Waals surface area contributed by atoms with E-state index in [9.17, 15) is 14.5 Å². The minimum absolute atomic E-state index is 0.191. The number of hydrogen-bond acceptors (Lipinski definition) is 14. The van der Waals surface area contributed by atoms with E-state index in [1.165, 1.54) is 6.92 Å². The Balaban J connectivity index is 1.53. The fraction of sp³-hybridized carbons (Fsp3) is 0.593. The fourth-order valence-electron chi connectivity index (χ4n) is 3.39. The Labute approximate surface area is 255 Å². The van der Waals surface area contributed by atoms with Gasteiger partial charge >= 0.3 is 0 Å². The largest absolute Gasteiger partial charge is 0.383 e. The summed E-state index contributed by atoms with van der Waals surface area (Å²) in [6.07, 6.45) is 0. The van der Waals surface area contributed by atoms with Crippen molar-refractivity contribution >= 4 is 44.7 Å². The van der Waals surface area contributed by atoms with Gasteiger partial charge in [0.05, 0.1) is 96.2 Å². The molecule has 0 aliphatic heterocycles. The molecule has 2 aromatic rings. The number of carbonyl (C=O) groups excluding carboxylic acids is 2. The molecule has 0 aliphatic rings. The van der Waals surface area contributed by atoms with E-state index in [-0.39, 0.29) is 21.6 Å². The highest BCUT2D eigenvalue weighted by atomic mass is 32.1. The van der Waals surface area contributed by atoms with E-state index in [0.717, 1.165) is 11.3 Å². The van der Waals surface area contributed by atoms with Crippen molar-refractivity contribution in [2.45, 2.75) is 13.8 Å². The first-order valence-corrected chi connectivity index (χ1v) is 14.7. The van der Waals surface area contributed by atoms with Crippen LogP contribution in [0.5, 0.6) is 0 Å². The quantitative estimate of drug-likeness (QED) is 0.0931. The molecule has 240 valence electrons. The van der Waals surface area contributed by atoms with Gasteiger partial charge in [-0.2, -0.15) is 0 Å². The van der Waals surface area contributed by atoms with Gasteiger partial charge in [-0.3, -0.25) is 14.9 Å². The van der Waals surface area contributed by atoms with E-state index in [1.807, 2.05) is 0 Å². The maximum atomic E-state index is 12.8. The molecule has 0 aliphatic carbocycles. The second kappa shape index (κ2) is 22.4. The molecule has 0 radical (unpaired) electrons. The highest BCUT2D eigenvalue weighted by Crippen LogP contribution is 2.31. The predicted octanol–water partition coefficient (Wildman–Crippen LogP) is 2.53. The van der Waals surface area contributed by atoms with Crippen molar-refractivity contribution in [1.29, 1.82) is 0 Å². The van der Waals surface area contributed by atoms with Gasteiger partial charge in [-0.1, -0.05) is 11.3 Å². The van der Waals surface area contributed by atoms with Crippen LogP contribution in [0.3, 0.4) is 0 Å². The summed E-state index contributed by atoms with van der Waals surface area (Å²) in [5.74, 6) is -0.807. The number of rotatable bonds is 25. The zero-order chi connectivity index (χ0) is 31.1. The summed E-state index contributed by atoms with van der Waals surface area (Å²) in [7, 11) is 0. The molecule has 16 heteroatoms. The minimum Gasteiger partial charge on any atom is -0.383 e. The summed E-state index contributed by atoms with van der Waals surface area (Å²) < 4.78 is 32.5. The molecule has 0 spiro atoms. The number of carbonyl (C=O) groups is 2. The predicted molar refractivity (Wildman–Crippen MR) is 163 cm³/mol. The highest BCUT2D eigenvalue weighted by molar-refractivity contribution is 7.19. The van der Waals surface area contributed by atoms with Crippen LogP contribution in [0.25, 0.3) is 0 Å². The molecule has 0 saturated heterocycles. The van der Waals surface area contributed by atoms with Gasteiger partial charge in [0.1, 0.15) is 0 Å². The van der Waals surface area contributed by atoms with Crippen molar-refractivity contribution < 1.29 is 38.0 Å². The van der Waals surface area contributed by atoms with Crippen molar-refractivity contribution in [3.63, 3.8) is 0 Å². The molecule has 0 unspecified atom stereocenters. The van der Waals surface area contributed by atoms with Crippen LogP contribution in [0, 0.1) is 11.8 Å². The maximum Gasteiger partial charge on any atom is 0.259 e. The number of aryl methyl sites for hydroxylation is 1. The van der Waals surface area contributed by atoms with Crippen LogP contribution in [-0.4, -0.2) is 109 Å². The van der Waals surface area contributed by atoms with Crippen LogP contribution in [0.4, 0.5) is 21.5 Å². The Morgan fingerprint density at radius 1 is 0.837 bits per heavy atom. The lowest BCUT2D eigenvalue weighted by molar-refractivity contribution is -0.114. The standard InChI is InChI=1S/C27H42N6O9S/c1-20-26(33-36)43-27(30-20)32-25(35)23-4-3-22(19-24(23)31-21(2)34)29-6-8-38-10-12-40-14-16-42-18-17-41-15-13-39-11-9-37-7-5-28/h3-4,19,29H,5-18,28H2,1-2H3,(H,31,34)(H,30,32,35). The number of benzene rings is 1. The van der Waals surface area contributed by atoms with Crippen LogP contribution in [0.1, 0.15) is 23.0 Å². The minimum atomic E-state index is -0.481. The highest BCUT2D eigenvalue weighted by Gasteiger charge is 2.16. The molecule has 43 heavy (non-hydrogen) atoms. The summed E-state index contributed by atoms with van der Waals surface area (Å²) in [6.45, 7) is 9.76. The number of nitrogens with two attached hydrogens (primary N) is 1. The van der Waals surface area contributed by atoms with Crippen LogP contribution in [-0.2, 0) is 33.2 Å². The van der Waals surface area contributed by atoms with Gasteiger partial charge in [-0.25, -0.2) is 4.98 Å². The number of amides is 2. The molecule has 0 fully saturated rings. The molecule has 15 nitrogen and oxygen atoms in total. The van der Waals surface area contributed by atoms with Gasteiger partial charge < -0.3 is 44.8 Å². The number of hydrogen-bond donors (Lipinski definition) is 4. The fourth-order valence-corrected chi connectivity index (χ4v) is 4.13. The molecule has 1 heterocycles. The first-order chi connectivity index (χ1) is 20.9. The molecule has 0 saturated carbocycles. The molecule has 2 rings (SSSR count). The van der Waals surface area contributed by atoms with Crippen molar-refractivity contribution in [1.82, 2.24) is 4.98 Å². The lowest BCUT2D eigenvalue weighted by Gasteiger charge is -2.13.